The van der Waals surface area contributed by atoms with Gasteiger partial charge in [0.1, 0.15) is 11.8 Å². The van der Waals surface area contributed by atoms with E-state index in [4.69, 9.17) is 17.3 Å². The molecule has 35 heavy (non-hydrogen) atoms. The minimum atomic E-state index is -0.726. The number of aliphatic imine (C=N–C) groups is 3. The number of hydrogen-bond donors (Lipinski definition) is 5. The lowest BCUT2D eigenvalue weighted by molar-refractivity contribution is -0.127. The predicted molar refractivity (Wildman–Crippen MR) is 141 cm³/mol. The van der Waals surface area contributed by atoms with E-state index in [1.54, 1.807) is 0 Å². The smallest absolute Gasteiger partial charge is 0.270 e. The molecule has 0 aromatic carbocycles. The third-order valence-electron chi connectivity index (χ3n) is 5.69. The lowest BCUT2D eigenvalue weighted by Gasteiger charge is -2.27. The molecule has 1 atom stereocenters. The quantitative estimate of drug-likeness (QED) is 0.137. The number of hydrazone groups is 1. The van der Waals surface area contributed by atoms with E-state index in [-0.39, 0.29) is 30.1 Å². The molecular weight excluding hydrogens is 446 g/mol. The SMILES string of the molecule is CCN=C(/C=N\N)CN=C/C(=C\N)NC(=O)[C@@H](NC(=O)C(/C=C\N)=NC(C)C)C(C1CC1)C1CC1. The Morgan fingerprint density at radius 1 is 1.09 bits per heavy atom. The van der Waals surface area contributed by atoms with Crippen LogP contribution >= 0.6 is 0 Å². The van der Waals surface area contributed by atoms with E-state index >= 15 is 0 Å². The normalized spacial score (nSPS) is 18.8. The third-order valence-corrected chi connectivity index (χ3v) is 5.69. The predicted octanol–water partition coefficient (Wildman–Crippen LogP) is 0.622. The van der Waals surface area contributed by atoms with Crippen LogP contribution in [-0.4, -0.2) is 60.8 Å². The van der Waals surface area contributed by atoms with Crippen molar-refractivity contribution in [1.82, 2.24) is 10.6 Å². The first-order valence-corrected chi connectivity index (χ1v) is 12.1. The van der Waals surface area contributed by atoms with Crippen LogP contribution in [0.4, 0.5) is 0 Å². The molecule has 2 saturated carbocycles. The molecule has 0 saturated heterocycles. The largest absolute Gasteiger partial charge is 0.405 e. The number of amides is 2. The summed E-state index contributed by atoms with van der Waals surface area (Å²) < 4.78 is 0. The maximum Gasteiger partial charge on any atom is 0.270 e. The lowest BCUT2D eigenvalue weighted by Crippen LogP contribution is -2.53. The first kappa shape index (κ1) is 27.7. The maximum absolute atomic E-state index is 13.4. The Hall–Kier alpha value is -3.50. The number of carbonyl (C=O) groups excluding carboxylic acids is 2. The molecule has 2 fully saturated rings. The lowest BCUT2D eigenvalue weighted by atomic mass is 9.88. The molecule has 0 aromatic rings. The minimum absolute atomic E-state index is 0.0566. The van der Waals surface area contributed by atoms with Crippen molar-refractivity contribution in [2.75, 3.05) is 13.1 Å². The van der Waals surface area contributed by atoms with E-state index in [0.717, 1.165) is 25.7 Å². The summed E-state index contributed by atoms with van der Waals surface area (Å²) in [7, 11) is 0. The van der Waals surface area contributed by atoms with Crippen LogP contribution in [-0.2, 0) is 9.59 Å². The third kappa shape index (κ3) is 9.34. The van der Waals surface area contributed by atoms with E-state index in [1.807, 2.05) is 20.8 Å². The van der Waals surface area contributed by atoms with Crippen molar-refractivity contribution < 1.29 is 9.59 Å². The fourth-order valence-corrected chi connectivity index (χ4v) is 3.99. The van der Waals surface area contributed by atoms with Crippen LogP contribution in [0.3, 0.4) is 0 Å². The molecule has 0 heterocycles. The summed E-state index contributed by atoms with van der Waals surface area (Å²) in [6, 6.07) is -0.827. The Kier molecular flexibility index (Phi) is 11.1. The maximum atomic E-state index is 13.4. The zero-order valence-corrected chi connectivity index (χ0v) is 20.9. The van der Waals surface area contributed by atoms with Gasteiger partial charge in [0.2, 0.25) is 5.91 Å². The van der Waals surface area contributed by atoms with Crippen LogP contribution in [0.25, 0.3) is 0 Å². The average molecular weight is 486 g/mol. The monoisotopic (exact) mass is 485 g/mol. The van der Waals surface area contributed by atoms with Crippen LogP contribution in [0.2, 0.25) is 0 Å². The molecule has 11 heteroatoms. The Morgan fingerprint density at radius 3 is 2.23 bits per heavy atom. The van der Waals surface area contributed by atoms with E-state index in [1.165, 1.54) is 30.9 Å². The van der Waals surface area contributed by atoms with Gasteiger partial charge in [0.05, 0.1) is 24.2 Å². The topological polar surface area (TPSA) is 186 Å². The zero-order valence-electron chi connectivity index (χ0n) is 20.9. The van der Waals surface area contributed by atoms with E-state index in [2.05, 4.69) is 30.7 Å². The molecule has 2 aliphatic carbocycles. The second-order valence-corrected chi connectivity index (χ2v) is 9.00. The highest BCUT2D eigenvalue weighted by atomic mass is 16.2. The fourth-order valence-electron chi connectivity index (χ4n) is 3.99. The van der Waals surface area contributed by atoms with Crippen molar-refractivity contribution in [3.05, 3.63) is 24.2 Å². The molecular formula is C24H39N9O2. The van der Waals surface area contributed by atoms with Crippen molar-refractivity contribution in [2.45, 2.75) is 58.5 Å². The van der Waals surface area contributed by atoms with Gasteiger partial charge < -0.3 is 27.9 Å². The number of nitrogens with zero attached hydrogens (tertiary/aromatic N) is 4. The molecule has 2 aliphatic rings. The van der Waals surface area contributed by atoms with Crippen molar-refractivity contribution >= 4 is 35.7 Å². The molecule has 2 amide bonds. The number of hydrogen-bond acceptors (Lipinski definition) is 9. The summed E-state index contributed by atoms with van der Waals surface area (Å²) in [6.07, 6.45) is 11.1. The van der Waals surface area contributed by atoms with Gasteiger partial charge in [-0.2, -0.15) is 5.10 Å². The number of rotatable bonds is 14. The molecule has 0 spiro atoms. The van der Waals surface area contributed by atoms with Gasteiger partial charge in [0, 0.05) is 25.0 Å². The molecule has 192 valence electrons. The van der Waals surface area contributed by atoms with Crippen LogP contribution < -0.4 is 27.9 Å². The number of allylic oxidation sites excluding steroid dienone is 1. The first-order chi connectivity index (χ1) is 16.8. The van der Waals surface area contributed by atoms with Crippen LogP contribution in [0.1, 0.15) is 46.5 Å². The first-order valence-electron chi connectivity index (χ1n) is 12.1. The van der Waals surface area contributed by atoms with Gasteiger partial charge in [-0.25, -0.2) is 0 Å². The van der Waals surface area contributed by atoms with E-state index in [9.17, 15) is 9.59 Å². The highest BCUT2D eigenvalue weighted by molar-refractivity contribution is 6.43. The van der Waals surface area contributed by atoms with Gasteiger partial charge in [0.25, 0.3) is 5.91 Å². The highest BCUT2D eigenvalue weighted by Gasteiger charge is 2.48. The van der Waals surface area contributed by atoms with Crippen LogP contribution in [0.15, 0.2) is 44.3 Å². The van der Waals surface area contributed by atoms with Crippen molar-refractivity contribution in [1.29, 1.82) is 0 Å². The summed E-state index contributed by atoms with van der Waals surface area (Å²) in [5.74, 6) is 5.32. The summed E-state index contributed by atoms with van der Waals surface area (Å²) in [4.78, 5) is 39.4. The summed E-state index contributed by atoms with van der Waals surface area (Å²) >= 11 is 0. The highest BCUT2D eigenvalue weighted by Crippen LogP contribution is 2.50. The summed E-state index contributed by atoms with van der Waals surface area (Å²) in [5.41, 5.74) is 12.4. The zero-order chi connectivity index (χ0) is 25.8. The minimum Gasteiger partial charge on any atom is -0.405 e. The number of nitrogens with two attached hydrogens (primary N) is 3. The molecule has 8 N–H and O–H groups in total. The Labute approximate surface area is 207 Å². The van der Waals surface area contributed by atoms with Gasteiger partial charge in [-0.3, -0.25) is 24.6 Å². The molecule has 0 bridgehead atoms. The van der Waals surface area contributed by atoms with Gasteiger partial charge in [-0.1, -0.05) is 0 Å². The standard InChI is InChI=1S/C24H39N9O2/c1-4-29-19(14-30-27)13-28-12-18(11-26)32-24(35)22(21(16-5-6-16)17-7-8-17)33-23(34)20(9-10-25)31-15(2)3/h9-12,14-17,21-22H,4-8,13,25-27H2,1-3H3,(H,32,35)(H,33,34)/b10-9-,18-11+,28-12?,29-19?,30-14-,31-20?/t22-/m0/s1. The van der Waals surface area contributed by atoms with E-state index < -0.39 is 11.9 Å². The molecule has 0 radical (unpaired) electrons. The second-order valence-electron chi connectivity index (χ2n) is 9.00. The van der Waals surface area contributed by atoms with Crippen molar-refractivity contribution in [3.8, 4) is 0 Å². The Morgan fingerprint density at radius 2 is 1.74 bits per heavy atom. The second kappa shape index (κ2) is 14.0. The molecule has 0 aliphatic heterocycles. The van der Waals surface area contributed by atoms with Crippen LogP contribution in [0, 0.1) is 17.8 Å². The Bertz CT molecular complexity index is 898. The fraction of sp³-hybridized carbons (Fsp3) is 0.583. The van der Waals surface area contributed by atoms with Gasteiger partial charge >= 0.3 is 0 Å². The molecule has 2 rings (SSSR count). The van der Waals surface area contributed by atoms with Crippen molar-refractivity contribution in [2.24, 2.45) is 55.1 Å². The average Bonchev–Trinajstić information content (AvgIpc) is 3.73. The number of nitrogens with one attached hydrogen (secondary N) is 2. The van der Waals surface area contributed by atoms with Gasteiger partial charge in [0.15, 0.2) is 0 Å². The van der Waals surface area contributed by atoms with Crippen molar-refractivity contribution in [3.63, 3.8) is 0 Å². The number of carbonyl (C=O) groups is 2. The van der Waals surface area contributed by atoms with Gasteiger partial charge in [-0.15, -0.1) is 0 Å². The summed E-state index contributed by atoms with van der Waals surface area (Å²) in [5, 5.41) is 9.24. The molecule has 11 nitrogen and oxygen atoms in total. The van der Waals surface area contributed by atoms with E-state index in [0.29, 0.717) is 29.8 Å². The van der Waals surface area contributed by atoms with Crippen LogP contribution in [0.5, 0.6) is 0 Å². The summed E-state index contributed by atoms with van der Waals surface area (Å²) in [6.45, 7) is 6.43. The molecule has 0 unspecified atom stereocenters. The molecule has 0 aromatic heterocycles. The van der Waals surface area contributed by atoms with Gasteiger partial charge in [-0.05, 0) is 76.5 Å². The Balaban J connectivity index is 2.19.